The number of hydrogen-bond donors (Lipinski definition) is 12. The highest BCUT2D eigenvalue weighted by molar-refractivity contribution is 6.11. The quantitative estimate of drug-likeness (QED) is 0.0265. The van der Waals surface area contributed by atoms with Crippen molar-refractivity contribution in [3.63, 3.8) is 0 Å². The maximum atomic E-state index is 13.5. The number of carboxylic acids is 8. The van der Waals surface area contributed by atoms with Crippen molar-refractivity contribution in [2.45, 2.75) is 75.5 Å². The first-order valence-electron chi connectivity index (χ1n) is 17.8. The molecule has 28 nitrogen and oxygen atoms in total. The average Bonchev–Trinajstić information content (AvgIpc) is 3.17. The summed E-state index contributed by atoms with van der Waals surface area (Å²) in [7, 11) is 0. The molecule has 0 radical (unpaired) electrons. The lowest BCUT2D eigenvalue weighted by Crippen LogP contribution is -2.53. The molecule has 0 aliphatic heterocycles. The Morgan fingerprint density at radius 2 is 0.625 bits per heavy atom. The lowest BCUT2D eigenvalue weighted by atomic mass is 9.87. The molecule has 0 saturated heterocycles. The first-order valence-corrected chi connectivity index (χ1v) is 17.8. The summed E-state index contributed by atoms with van der Waals surface area (Å²) in [6, 6.07) is -7.36. The van der Waals surface area contributed by atoms with E-state index >= 15 is 0 Å². The number of carbonyl (C=O) groups excluding carboxylic acids is 8. The zero-order chi connectivity index (χ0) is 49.2. The van der Waals surface area contributed by atoms with Gasteiger partial charge in [0.05, 0.1) is 50.4 Å². The Hall–Kier alpha value is -8.46. The van der Waals surface area contributed by atoms with Gasteiger partial charge in [-0.05, 0) is 12.1 Å². The Morgan fingerprint density at radius 1 is 0.375 bits per heavy atom. The first kappa shape index (κ1) is 53.6. The van der Waals surface area contributed by atoms with Gasteiger partial charge in [0.1, 0.15) is 24.2 Å². The van der Waals surface area contributed by atoms with E-state index in [1.165, 1.54) is 0 Å². The van der Waals surface area contributed by atoms with Crippen LogP contribution in [0.2, 0.25) is 0 Å². The molecule has 0 aromatic heterocycles. The van der Waals surface area contributed by atoms with Gasteiger partial charge in [-0.1, -0.05) is 0 Å². The van der Waals surface area contributed by atoms with Crippen LogP contribution in [0.25, 0.3) is 0 Å². The zero-order valence-corrected chi connectivity index (χ0v) is 32.5. The summed E-state index contributed by atoms with van der Waals surface area (Å²) in [5.74, 6) is -26.8. The molecule has 0 aliphatic rings. The van der Waals surface area contributed by atoms with Crippen molar-refractivity contribution < 1.29 is 118 Å². The standard InChI is InChI=1S/C36H38N4O24/c41-11-15-1-17(23(43)3-13(5-25(45)46)31(57)37-19(7-27(49)50)33(59)39-21(35(61)62)9-29(53)54)16(12-42)2-18(15)24(44)4-14(6-26(47)48)32(58)38-20(8-28(51)52)34(60)40-22(36(63)64)10-30(55)56/h1-2,11-14,19-22H,3-10H2,(H,37,57)(H,38,58)(H,39,59)(H,40,60)(H,45,46)(H,47,48)(H,49,50)(H,51,52)(H,53,54)(H,55,56)(H,61,62)(H,63,64)/t13-,14-,19-,20-,21-,22-/m1/s1. The summed E-state index contributed by atoms with van der Waals surface area (Å²) in [6.45, 7) is 0. The van der Waals surface area contributed by atoms with Crippen molar-refractivity contribution in [2.24, 2.45) is 11.8 Å². The molecule has 1 rings (SSSR count). The van der Waals surface area contributed by atoms with Gasteiger partial charge in [0.15, 0.2) is 24.1 Å². The van der Waals surface area contributed by atoms with Crippen LogP contribution < -0.4 is 21.3 Å². The van der Waals surface area contributed by atoms with Gasteiger partial charge in [-0.15, -0.1) is 0 Å². The summed E-state index contributed by atoms with van der Waals surface area (Å²) >= 11 is 0. The lowest BCUT2D eigenvalue weighted by molar-refractivity contribution is -0.148. The Kier molecular flexibility index (Phi) is 20.7. The number of nitrogens with one attached hydrogen (secondary N) is 4. The molecule has 0 aliphatic carbocycles. The molecule has 0 fully saturated rings. The molecule has 6 atom stereocenters. The summed E-state index contributed by atoms with van der Waals surface area (Å²) in [4.78, 5) is 194. The number of ketones is 2. The van der Waals surface area contributed by atoms with Crippen LogP contribution in [0.4, 0.5) is 0 Å². The average molecular weight is 911 g/mol. The zero-order valence-electron chi connectivity index (χ0n) is 32.5. The molecule has 1 aromatic carbocycles. The number of carboxylic acid groups (broad SMARTS) is 8. The molecule has 0 unspecified atom stereocenters. The fraction of sp³-hybridized carbons (Fsp3) is 0.389. The van der Waals surface area contributed by atoms with Crippen LogP contribution in [0.3, 0.4) is 0 Å². The second kappa shape index (κ2) is 24.7. The molecule has 0 spiro atoms. The summed E-state index contributed by atoms with van der Waals surface area (Å²) < 4.78 is 0. The highest BCUT2D eigenvalue weighted by Gasteiger charge is 2.36. The Morgan fingerprint density at radius 3 is 0.859 bits per heavy atom. The maximum Gasteiger partial charge on any atom is 0.326 e. The minimum Gasteiger partial charge on any atom is -0.481 e. The first-order chi connectivity index (χ1) is 29.7. The van der Waals surface area contributed by atoms with Gasteiger partial charge < -0.3 is 62.1 Å². The van der Waals surface area contributed by atoms with Crippen LogP contribution in [0.15, 0.2) is 12.1 Å². The third kappa shape index (κ3) is 17.6. The largest absolute Gasteiger partial charge is 0.481 e. The molecule has 1 aromatic rings. The number of aliphatic carboxylic acids is 8. The van der Waals surface area contributed by atoms with Gasteiger partial charge in [-0.3, -0.25) is 67.1 Å². The molecule has 346 valence electrons. The second-order valence-corrected chi connectivity index (χ2v) is 13.4. The topological polar surface area (TPSA) is 483 Å². The monoisotopic (exact) mass is 910 g/mol. The van der Waals surface area contributed by atoms with Gasteiger partial charge in [-0.25, -0.2) is 9.59 Å². The van der Waals surface area contributed by atoms with Gasteiger partial charge in [0.25, 0.3) is 0 Å². The maximum absolute atomic E-state index is 13.5. The van der Waals surface area contributed by atoms with E-state index in [-0.39, 0.29) is 12.6 Å². The number of Topliss-reactive ketones (excluding diaryl/α,β-unsaturated/α-hetero) is 2. The van der Waals surface area contributed by atoms with E-state index in [9.17, 15) is 107 Å². The molecule has 0 bridgehead atoms. The Balaban J connectivity index is 3.53. The van der Waals surface area contributed by atoms with Gasteiger partial charge in [0.2, 0.25) is 23.6 Å². The van der Waals surface area contributed by atoms with Crippen molar-refractivity contribution in [3.8, 4) is 0 Å². The molecule has 28 heteroatoms. The Bertz CT molecular complexity index is 1980. The van der Waals surface area contributed by atoms with E-state index in [0.717, 1.165) is 0 Å². The molecular formula is C36H38N4O24. The summed E-state index contributed by atoms with van der Waals surface area (Å²) in [5, 5.41) is 80.7. The van der Waals surface area contributed by atoms with Gasteiger partial charge in [0, 0.05) is 35.1 Å². The minimum atomic E-state index is -2.18. The molecule has 0 saturated carbocycles. The highest BCUT2D eigenvalue weighted by Crippen LogP contribution is 2.24. The predicted octanol–water partition coefficient (Wildman–Crippen LogP) is -3.35. The van der Waals surface area contributed by atoms with E-state index in [1.54, 1.807) is 10.6 Å². The van der Waals surface area contributed by atoms with Crippen molar-refractivity contribution >= 4 is 95.5 Å². The third-order valence-corrected chi connectivity index (χ3v) is 8.53. The number of benzene rings is 1. The number of aldehydes is 2. The van der Waals surface area contributed by atoms with Gasteiger partial charge >= 0.3 is 47.8 Å². The number of rotatable bonds is 30. The van der Waals surface area contributed by atoms with Crippen molar-refractivity contribution in [1.29, 1.82) is 0 Å². The molecule has 0 heterocycles. The number of amides is 4. The SMILES string of the molecule is O=Cc1cc(C(=O)C[C@H](CC(=O)O)C(=O)N[C@H](CC(=O)O)C(=O)N[C@H](CC(=O)O)C(=O)O)c(C=O)cc1C(=O)C[C@H](CC(=O)O)C(=O)N[C@H](CC(=O)O)C(=O)N[C@H](CC(=O)O)C(=O)O. The van der Waals surface area contributed by atoms with E-state index < -0.39 is 193 Å². The van der Waals surface area contributed by atoms with Crippen LogP contribution in [0.1, 0.15) is 92.8 Å². The third-order valence-electron chi connectivity index (χ3n) is 8.53. The second-order valence-electron chi connectivity index (χ2n) is 13.4. The van der Waals surface area contributed by atoms with Crippen LogP contribution in [0, 0.1) is 11.8 Å². The molecule has 4 amide bonds. The smallest absolute Gasteiger partial charge is 0.326 e. The van der Waals surface area contributed by atoms with Crippen LogP contribution in [-0.2, 0) is 57.5 Å². The fourth-order valence-corrected chi connectivity index (χ4v) is 5.56. The summed E-state index contributed by atoms with van der Waals surface area (Å²) in [5.41, 5.74) is -2.91. The van der Waals surface area contributed by atoms with E-state index in [4.69, 9.17) is 10.2 Å². The predicted molar refractivity (Wildman–Crippen MR) is 199 cm³/mol. The molecule has 64 heavy (non-hydrogen) atoms. The van der Waals surface area contributed by atoms with Crippen LogP contribution in [0.5, 0.6) is 0 Å². The van der Waals surface area contributed by atoms with Crippen molar-refractivity contribution in [2.75, 3.05) is 0 Å². The number of hydrogen-bond acceptors (Lipinski definition) is 16. The molecule has 12 N–H and O–H groups in total. The molecular weight excluding hydrogens is 872 g/mol. The van der Waals surface area contributed by atoms with Crippen molar-refractivity contribution in [1.82, 2.24) is 21.3 Å². The number of carbonyl (C=O) groups is 16. The van der Waals surface area contributed by atoms with Gasteiger partial charge in [-0.2, -0.15) is 0 Å². The van der Waals surface area contributed by atoms with E-state index in [1.807, 2.05) is 10.6 Å². The summed E-state index contributed by atoms with van der Waals surface area (Å²) in [6.07, 6.45) is -9.81. The van der Waals surface area contributed by atoms with Crippen LogP contribution >= 0.6 is 0 Å². The fourth-order valence-electron chi connectivity index (χ4n) is 5.56. The normalized spacial score (nSPS) is 13.4. The lowest BCUT2D eigenvalue weighted by Gasteiger charge is -2.22. The van der Waals surface area contributed by atoms with Crippen molar-refractivity contribution in [3.05, 3.63) is 34.4 Å². The van der Waals surface area contributed by atoms with E-state index in [0.29, 0.717) is 12.1 Å². The minimum absolute atomic E-state index is 0.0562. The van der Waals surface area contributed by atoms with Crippen LogP contribution in [-0.4, -0.2) is 161 Å². The Labute approximate surface area is 356 Å². The van der Waals surface area contributed by atoms with E-state index in [2.05, 4.69) is 0 Å². The highest BCUT2D eigenvalue weighted by atomic mass is 16.4.